The maximum absolute atomic E-state index is 12.8. The maximum Gasteiger partial charge on any atom is 0.327 e. The summed E-state index contributed by atoms with van der Waals surface area (Å²) in [5.41, 5.74) is 0.912. The summed E-state index contributed by atoms with van der Waals surface area (Å²) < 4.78 is 0.289. The number of benzene rings is 2. The Morgan fingerprint density at radius 2 is 1.88 bits per heavy atom. The monoisotopic (exact) mass is 371 g/mol. The van der Waals surface area contributed by atoms with Crippen molar-refractivity contribution in [3.63, 3.8) is 0 Å². The van der Waals surface area contributed by atoms with Crippen LogP contribution in [0.2, 0.25) is 0 Å². The number of amides is 1. The van der Waals surface area contributed by atoms with E-state index in [9.17, 15) is 14.7 Å². The molecule has 1 atom stereocenters. The van der Waals surface area contributed by atoms with Crippen LogP contribution in [0.1, 0.15) is 19.4 Å². The standard InChI is InChI=1S/C19H17NO3S2/c1-11(2)16(18(22)23)20-17(21)15(25-19(20)24)10-13-8-5-7-12-6-3-4-9-14(12)13/h3-11,16H,1-2H3,(H,22,23)/b15-10-/t16-/m0/s1. The number of fused-ring (bicyclic) bond motifs is 1. The summed E-state index contributed by atoms with van der Waals surface area (Å²) in [5.74, 6) is -1.63. The van der Waals surface area contributed by atoms with Crippen LogP contribution in [0.15, 0.2) is 47.4 Å². The average Bonchev–Trinajstić information content (AvgIpc) is 2.83. The zero-order valence-electron chi connectivity index (χ0n) is 13.8. The highest BCUT2D eigenvalue weighted by molar-refractivity contribution is 8.26. The molecule has 2 aromatic carbocycles. The van der Waals surface area contributed by atoms with Crippen LogP contribution in [0.4, 0.5) is 0 Å². The van der Waals surface area contributed by atoms with E-state index in [-0.39, 0.29) is 16.1 Å². The molecule has 1 fully saturated rings. The summed E-state index contributed by atoms with van der Waals surface area (Å²) in [4.78, 5) is 26.0. The lowest BCUT2D eigenvalue weighted by Crippen LogP contribution is -2.47. The molecule has 0 unspecified atom stereocenters. The van der Waals surface area contributed by atoms with Gasteiger partial charge in [-0.2, -0.15) is 0 Å². The van der Waals surface area contributed by atoms with Crippen molar-refractivity contribution >= 4 is 57.0 Å². The molecule has 1 saturated heterocycles. The fourth-order valence-corrected chi connectivity index (χ4v) is 4.25. The number of hydrogen-bond acceptors (Lipinski definition) is 4. The minimum Gasteiger partial charge on any atom is -0.480 e. The third-order valence-electron chi connectivity index (χ3n) is 4.10. The second-order valence-corrected chi connectivity index (χ2v) is 7.82. The van der Waals surface area contributed by atoms with Gasteiger partial charge in [-0.25, -0.2) is 4.79 Å². The highest BCUT2D eigenvalue weighted by Gasteiger charge is 2.41. The summed E-state index contributed by atoms with van der Waals surface area (Å²) in [6.45, 7) is 3.54. The zero-order chi connectivity index (χ0) is 18.1. The first-order valence-corrected chi connectivity index (χ1v) is 9.10. The number of carbonyl (C=O) groups excluding carboxylic acids is 1. The van der Waals surface area contributed by atoms with Gasteiger partial charge in [0.25, 0.3) is 5.91 Å². The van der Waals surface area contributed by atoms with Gasteiger partial charge in [0.15, 0.2) is 0 Å². The van der Waals surface area contributed by atoms with E-state index in [2.05, 4.69) is 0 Å². The third kappa shape index (κ3) is 3.32. The molecular formula is C19H17NO3S2. The SMILES string of the molecule is CC(C)[C@@H](C(=O)O)N1C(=O)/C(=C/c2cccc3ccccc23)SC1=S. The molecule has 0 radical (unpaired) electrons. The number of aliphatic carboxylic acids is 1. The summed E-state index contributed by atoms with van der Waals surface area (Å²) in [6, 6.07) is 12.8. The van der Waals surface area contributed by atoms with Crippen molar-refractivity contribution in [2.24, 2.45) is 5.92 Å². The van der Waals surface area contributed by atoms with E-state index in [4.69, 9.17) is 12.2 Å². The van der Waals surface area contributed by atoms with Gasteiger partial charge in [-0.05, 0) is 28.3 Å². The number of rotatable bonds is 4. The third-order valence-corrected chi connectivity index (χ3v) is 5.43. The van der Waals surface area contributed by atoms with Gasteiger partial charge < -0.3 is 5.11 Å². The lowest BCUT2D eigenvalue weighted by molar-refractivity contribution is -0.146. The van der Waals surface area contributed by atoms with Crippen LogP contribution in [-0.4, -0.2) is 32.2 Å². The van der Waals surface area contributed by atoms with Crippen molar-refractivity contribution in [2.75, 3.05) is 0 Å². The summed E-state index contributed by atoms with van der Waals surface area (Å²) in [6.07, 6.45) is 1.79. The van der Waals surface area contributed by atoms with E-state index in [0.717, 1.165) is 28.1 Å². The summed E-state index contributed by atoms with van der Waals surface area (Å²) >= 11 is 6.44. The fourth-order valence-electron chi connectivity index (χ4n) is 2.93. The minimum atomic E-state index is -1.04. The van der Waals surface area contributed by atoms with E-state index in [1.54, 1.807) is 19.9 Å². The Balaban J connectivity index is 2.02. The Morgan fingerprint density at radius 3 is 2.56 bits per heavy atom. The quantitative estimate of drug-likeness (QED) is 0.646. The van der Waals surface area contributed by atoms with Crippen LogP contribution in [0.25, 0.3) is 16.8 Å². The van der Waals surface area contributed by atoms with Crippen LogP contribution < -0.4 is 0 Å². The lowest BCUT2D eigenvalue weighted by Gasteiger charge is -2.26. The van der Waals surface area contributed by atoms with Crippen molar-refractivity contribution < 1.29 is 14.7 Å². The number of carboxylic acids is 1. The highest BCUT2D eigenvalue weighted by Crippen LogP contribution is 2.36. The molecule has 1 aliphatic rings. The molecule has 0 saturated carbocycles. The number of nitrogens with zero attached hydrogens (tertiary/aromatic N) is 1. The molecule has 25 heavy (non-hydrogen) atoms. The highest BCUT2D eigenvalue weighted by atomic mass is 32.2. The molecule has 1 amide bonds. The van der Waals surface area contributed by atoms with Gasteiger partial charge in [-0.3, -0.25) is 9.69 Å². The fraction of sp³-hybridized carbons (Fsp3) is 0.211. The zero-order valence-corrected chi connectivity index (χ0v) is 15.4. The number of thioether (sulfide) groups is 1. The maximum atomic E-state index is 12.8. The molecule has 0 bridgehead atoms. The van der Waals surface area contributed by atoms with E-state index in [1.807, 2.05) is 42.5 Å². The minimum absolute atomic E-state index is 0.239. The largest absolute Gasteiger partial charge is 0.480 e. The first kappa shape index (κ1) is 17.6. The van der Waals surface area contributed by atoms with E-state index < -0.39 is 12.0 Å². The topological polar surface area (TPSA) is 57.6 Å². The average molecular weight is 371 g/mol. The Labute approximate surface area is 155 Å². The van der Waals surface area contributed by atoms with Gasteiger partial charge in [-0.15, -0.1) is 0 Å². The van der Waals surface area contributed by atoms with Crippen LogP contribution in [0.3, 0.4) is 0 Å². The van der Waals surface area contributed by atoms with Crippen molar-refractivity contribution in [3.05, 3.63) is 52.9 Å². The van der Waals surface area contributed by atoms with E-state index >= 15 is 0 Å². The van der Waals surface area contributed by atoms with Gasteiger partial charge >= 0.3 is 5.97 Å². The molecule has 3 rings (SSSR count). The van der Waals surface area contributed by atoms with Gasteiger partial charge in [0.1, 0.15) is 10.4 Å². The predicted molar refractivity (Wildman–Crippen MR) is 105 cm³/mol. The van der Waals surface area contributed by atoms with Crippen LogP contribution in [0.5, 0.6) is 0 Å². The Kier molecular flexibility index (Phi) is 4.92. The summed E-state index contributed by atoms with van der Waals surface area (Å²) in [7, 11) is 0. The number of carbonyl (C=O) groups is 2. The predicted octanol–water partition coefficient (Wildman–Crippen LogP) is 4.15. The Hall–Kier alpha value is -2.18. The smallest absolute Gasteiger partial charge is 0.327 e. The van der Waals surface area contributed by atoms with Gasteiger partial charge in [0.05, 0.1) is 4.91 Å². The molecule has 0 aromatic heterocycles. The second kappa shape index (κ2) is 6.98. The molecule has 4 nitrogen and oxygen atoms in total. The molecule has 0 aliphatic carbocycles. The summed E-state index contributed by atoms with van der Waals surface area (Å²) in [5, 5.41) is 11.6. The lowest BCUT2D eigenvalue weighted by atomic mass is 10.0. The second-order valence-electron chi connectivity index (χ2n) is 6.15. The molecule has 0 spiro atoms. The molecule has 1 heterocycles. The first-order chi connectivity index (χ1) is 11.9. The van der Waals surface area contributed by atoms with Gasteiger partial charge in [0, 0.05) is 0 Å². The molecular weight excluding hydrogens is 354 g/mol. The van der Waals surface area contributed by atoms with Gasteiger partial charge in [0.2, 0.25) is 0 Å². The molecule has 128 valence electrons. The van der Waals surface area contributed by atoms with E-state index in [0.29, 0.717) is 4.91 Å². The first-order valence-electron chi connectivity index (χ1n) is 7.88. The molecule has 6 heteroatoms. The van der Waals surface area contributed by atoms with Crippen LogP contribution >= 0.6 is 24.0 Å². The van der Waals surface area contributed by atoms with Crippen molar-refractivity contribution in [1.29, 1.82) is 0 Å². The number of hydrogen-bond donors (Lipinski definition) is 1. The molecule has 2 aromatic rings. The number of carboxylic acid groups (broad SMARTS) is 1. The number of thiocarbonyl (C=S) groups is 1. The molecule has 1 N–H and O–H groups in total. The Morgan fingerprint density at radius 1 is 1.20 bits per heavy atom. The van der Waals surface area contributed by atoms with Crippen molar-refractivity contribution in [1.82, 2.24) is 4.90 Å². The van der Waals surface area contributed by atoms with Crippen molar-refractivity contribution in [3.8, 4) is 0 Å². The van der Waals surface area contributed by atoms with Gasteiger partial charge in [-0.1, -0.05) is 80.3 Å². The molecule has 1 aliphatic heterocycles. The van der Waals surface area contributed by atoms with Crippen LogP contribution in [-0.2, 0) is 9.59 Å². The van der Waals surface area contributed by atoms with Crippen molar-refractivity contribution in [2.45, 2.75) is 19.9 Å². The van der Waals surface area contributed by atoms with E-state index in [1.165, 1.54) is 4.90 Å². The normalized spacial score (nSPS) is 17.7. The van der Waals surface area contributed by atoms with Crippen LogP contribution in [0, 0.1) is 5.92 Å². The Bertz CT molecular complexity index is 899.